The minimum atomic E-state index is -0.320. The molecule has 1 aromatic rings. The Morgan fingerprint density at radius 3 is 2.59 bits per heavy atom. The highest BCUT2D eigenvalue weighted by Crippen LogP contribution is 2.53. The summed E-state index contributed by atoms with van der Waals surface area (Å²) >= 11 is 0. The average Bonchev–Trinajstić information content (AvgIpc) is 2.72. The molecule has 1 aromatic carbocycles. The molecule has 0 spiro atoms. The average molecular weight is 443 g/mol. The zero-order valence-electron chi connectivity index (χ0n) is 20.3. The van der Waals surface area contributed by atoms with Gasteiger partial charge in [0.25, 0.3) is 0 Å². The molecule has 0 amide bonds. The van der Waals surface area contributed by atoms with Crippen molar-refractivity contribution in [3.63, 3.8) is 0 Å². The first-order chi connectivity index (χ1) is 15.2. The van der Waals surface area contributed by atoms with Gasteiger partial charge in [0.1, 0.15) is 17.1 Å². The maximum absolute atomic E-state index is 12.7. The van der Waals surface area contributed by atoms with Crippen LogP contribution in [0.4, 0.5) is 0 Å². The molecule has 32 heavy (non-hydrogen) atoms. The highest BCUT2D eigenvalue weighted by Gasteiger charge is 2.45. The first-order valence-corrected chi connectivity index (χ1v) is 12.1. The largest absolute Gasteiger partial charge is 0.487 e. The molecule has 0 fully saturated rings. The van der Waals surface area contributed by atoms with Crippen molar-refractivity contribution in [2.75, 3.05) is 7.11 Å². The lowest BCUT2D eigenvalue weighted by Gasteiger charge is -2.46. The summed E-state index contributed by atoms with van der Waals surface area (Å²) in [4.78, 5) is 24.0. The van der Waals surface area contributed by atoms with Crippen LogP contribution in [0.3, 0.4) is 0 Å². The second-order valence-electron chi connectivity index (χ2n) is 9.76. The first-order valence-electron chi connectivity index (χ1n) is 12.1. The van der Waals surface area contributed by atoms with Crippen LogP contribution in [-0.2, 0) is 20.7 Å². The Balaban J connectivity index is 1.92. The number of hydrogen-bond acceptors (Lipinski definition) is 5. The first kappa shape index (κ1) is 24.3. The number of esters is 2. The van der Waals surface area contributed by atoms with Gasteiger partial charge in [-0.1, -0.05) is 31.4 Å². The number of benzene rings is 1. The Morgan fingerprint density at radius 2 is 1.88 bits per heavy atom. The van der Waals surface area contributed by atoms with Gasteiger partial charge >= 0.3 is 11.9 Å². The minimum absolute atomic E-state index is 0.171. The van der Waals surface area contributed by atoms with E-state index in [0.717, 1.165) is 49.0 Å². The van der Waals surface area contributed by atoms with Crippen LogP contribution in [0.5, 0.6) is 11.5 Å². The zero-order chi connectivity index (χ0) is 23.3. The normalized spacial score (nSPS) is 21.0. The lowest BCUT2D eigenvalue weighted by Crippen LogP contribution is -2.45. The van der Waals surface area contributed by atoms with Gasteiger partial charge in [0.2, 0.25) is 0 Å². The van der Waals surface area contributed by atoms with E-state index in [2.05, 4.69) is 44.6 Å². The van der Waals surface area contributed by atoms with E-state index in [1.165, 1.54) is 19.1 Å². The van der Waals surface area contributed by atoms with Crippen LogP contribution >= 0.6 is 0 Å². The van der Waals surface area contributed by atoms with Gasteiger partial charge in [-0.25, -0.2) is 0 Å². The molecule has 0 bridgehead atoms. The van der Waals surface area contributed by atoms with Gasteiger partial charge in [-0.05, 0) is 70.6 Å². The van der Waals surface area contributed by atoms with E-state index in [9.17, 15) is 9.59 Å². The van der Waals surface area contributed by atoms with Crippen LogP contribution in [0.1, 0.15) is 96.1 Å². The monoisotopic (exact) mass is 442 g/mol. The fourth-order valence-electron chi connectivity index (χ4n) is 5.02. The Hall–Kier alpha value is -2.30. The van der Waals surface area contributed by atoms with Crippen LogP contribution < -0.4 is 9.47 Å². The van der Waals surface area contributed by atoms with Crippen molar-refractivity contribution in [1.82, 2.24) is 0 Å². The van der Waals surface area contributed by atoms with E-state index in [1.54, 1.807) is 0 Å². The summed E-state index contributed by atoms with van der Waals surface area (Å²) in [6.45, 7) is 8.71. The summed E-state index contributed by atoms with van der Waals surface area (Å²) in [5, 5.41) is 0. The number of fused-ring (bicyclic) bond motifs is 3. The third-order valence-corrected chi connectivity index (χ3v) is 6.79. The van der Waals surface area contributed by atoms with Gasteiger partial charge in [-0.3, -0.25) is 9.59 Å². The number of carbonyl (C=O) groups excluding carboxylic acids is 2. The Bertz CT molecular complexity index is 867. The zero-order valence-corrected chi connectivity index (χ0v) is 20.3. The third kappa shape index (κ3) is 5.73. The number of hydrogen-bond donors (Lipinski definition) is 0. The topological polar surface area (TPSA) is 61.8 Å². The predicted octanol–water partition coefficient (Wildman–Crippen LogP) is 6.28. The van der Waals surface area contributed by atoms with E-state index in [-0.39, 0.29) is 36.3 Å². The fraction of sp³-hybridized carbons (Fsp3) is 0.630. The molecule has 1 aliphatic carbocycles. The Morgan fingerprint density at radius 1 is 1.12 bits per heavy atom. The molecule has 5 nitrogen and oxygen atoms in total. The lowest BCUT2D eigenvalue weighted by atomic mass is 9.68. The fourth-order valence-corrected chi connectivity index (χ4v) is 5.02. The number of aryl methyl sites for hydroxylation is 1. The number of allylic oxidation sites excluding steroid dienone is 2. The van der Waals surface area contributed by atoms with Gasteiger partial charge in [0, 0.05) is 30.2 Å². The molecular weight excluding hydrogens is 404 g/mol. The highest BCUT2D eigenvalue weighted by atomic mass is 16.5. The molecule has 2 atom stereocenters. The minimum Gasteiger partial charge on any atom is -0.487 e. The SMILES string of the molecule is CCCCCc1cc(OC(=O)CCCC(=O)OC)c2c(c1)OC(C)(C)[C@@H]1CCC(C)=C[C@@H]21. The summed E-state index contributed by atoms with van der Waals surface area (Å²) in [6, 6.07) is 4.18. The molecule has 1 heterocycles. The van der Waals surface area contributed by atoms with E-state index >= 15 is 0 Å². The van der Waals surface area contributed by atoms with Gasteiger partial charge in [0.05, 0.1) is 7.11 Å². The summed E-state index contributed by atoms with van der Waals surface area (Å²) in [6.07, 6.45) is 9.62. The second kappa shape index (κ2) is 10.5. The van der Waals surface area contributed by atoms with Crippen molar-refractivity contribution >= 4 is 11.9 Å². The number of unbranched alkanes of at least 4 members (excludes halogenated alkanes) is 2. The van der Waals surface area contributed by atoms with Gasteiger partial charge < -0.3 is 14.2 Å². The van der Waals surface area contributed by atoms with Crippen LogP contribution in [0.25, 0.3) is 0 Å². The molecule has 0 N–H and O–H groups in total. The molecule has 0 saturated carbocycles. The maximum atomic E-state index is 12.7. The Kier molecular flexibility index (Phi) is 8.02. The second-order valence-corrected chi connectivity index (χ2v) is 9.76. The number of rotatable bonds is 9. The molecule has 2 aliphatic rings. The predicted molar refractivity (Wildman–Crippen MR) is 125 cm³/mol. The van der Waals surface area contributed by atoms with Crippen LogP contribution in [0.15, 0.2) is 23.8 Å². The third-order valence-electron chi connectivity index (χ3n) is 6.79. The molecule has 0 unspecified atom stereocenters. The number of ether oxygens (including phenoxy) is 3. The van der Waals surface area contributed by atoms with Gasteiger partial charge in [-0.2, -0.15) is 0 Å². The van der Waals surface area contributed by atoms with Crippen molar-refractivity contribution in [2.24, 2.45) is 5.92 Å². The quantitative estimate of drug-likeness (QED) is 0.195. The number of methoxy groups -OCH3 is 1. The highest BCUT2D eigenvalue weighted by molar-refractivity contribution is 5.75. The van der Waals surface area contributed by atoms with Crippen LogP contribution in [0.2, 0.25) is 0 Å². The molecule has 3 rings (SSSR count). The van der Waals surface area contributed by atoms with Crippen molar-refractivity contribution in [3.8, 4) is 11.5 Å². The van der Waals surface area contributed by atoms with E-state index < -0.39 is 0 Å². The van der Waals surface area contributed by atoms with Crippen LogP contribution in [0, 0.1) is 5.92 Å². The summed E-state index contributed by atoms with van der Waals surface area (Å²) in [7, 11) is 1.36. The Labute approximate surface area is 192 Å². The molecule has 5 heteroatoms. The van der Waals surface area contributed by atoms with Crippen molar-refractivity contribution in [1.29, 1.82) is 0 Å². The molecule has 0 radical (unpaired) electrons. The molecule has 0 saturated heterocycles. The maximum Gasteiger partial charge on any atom is 0.311 e. The van der Waals surface area contributed by atoms with E-state index in [1.807, 2.05) is 6.07 Å². The van der Waals surface area contributed by atoms with Crippen molar-refractivity contribution < 1.29 is 23.8 Å². The number of carbonyl (C=O) groups is 2. The molecule has 1 aliphatic heterocycles. The van der Waals surface area contributed by atoms with E-state index in [0.29, 0.717) is 18.1 Å². The standard InChI is InChI=1S/C27H38O5/c1-6-7-8-10-19-16-22(31-25(29)12-9-11-24(28)30-5)26-20-15-18(2)13-14-21(20)27(3,4)32-23(26)17-19/h15-17,20-21H,6-14H2,1-5H3/t20-,21-/m1/s1. The van der Waals surface area contributed by atoms with Crippen molar-refractivity contribution in [3.05, 3.63) is 34.9 Å². The summed E-state index contributed by atoms with van der Waals surface area (Å²) in [5.41, 5.74) is 3.23. The molecule has 176 valence electrons. The van der Waals surface area contributed by atoms with E-state index in [4.69, 9.17) is 9.47 Å². The van der Waals surface area contributed by atoms with Gasteiger partial charge in [-0.15, -0.1) is 0 Å². The van der Waals surface area contributed by atoms with Gasteiger partial charge in [0.15, 0.2) is 0 Å². The van der Waals surface area contributed by atoms with Crippen molar-refractivity contribution in [2.45, 2.75) is 97.0 Å². The molecular formula is C27H38O5. The molecule has 0 aromatic heterocycles. The smallest absolute Gasteiger partial charge is 0.311 e. The summed E-state index contributed by atoms with van der Waals surface area (Å²) < 4.78 is 17.1. The van der Waals surface area contributed by atoms with Crippen LogP contribution in [-0.4, -0.2) is 24.6 Å². The summed E-state index contributed by atoms with van der Waals surface area (Å²) in [5.74, 6) is 1.34. The lowest BCUT2D eigenvalue weighted by molar-refractivity contribution is -0.141.